The van der Waals surface area contributed by atoms with Crippen molar-refractivity contribution >= 4 is 5.91 Å². The molecular weight excluding hydrogens is 260 g/mol. The Hall–Kier alpha value is -1.35. The lowest BCUT2D eigenvalue weighted by Crippen LogP contribution is -2.54. The van der Waals surface area contributed by atoms with Gasteiger partial charge in [0.25, 0.3) is 0 Å². The summed E-state index contributed by atoms with van der Waals surface area (Å²) >= 11 is 0. The molecule has 112 valence electrons. The first-order valence-electron chi connectivity index (χ1n) is 8.42. The topological polar surface area (TPSA) is 41.1 Å². The summed E-state index contributed by atoms with van der Waals surface area (Å²) in [5.41, 5.74) is 3.06. The summed E-state index contributed by atoms with van der Waals surface area (Å²) in [6.07, 6.45) is 7.08. The highest BCUT2D eigenvalue weighted by molar-refractivity contribution is 5.82. The second kappa shape index (κ2) is 5.45. The van der Waals surface area contributed by atoms with Crippen LogP contribution >= 0.6 is 0 Å². The molecule has 1 aliphatic heterocycles. The number of nitrogens with one attached hydrogen (secondary N) is 2. The molecule has 3 unspecified atom stereocenters. The molecule has 1 saturated heterocycles. The molecule has 2 N–H and O–H groups in total. The normalized spacial score (nSPS) is 35.0. The van der Waals surface area contributed by atoms with Gasteiger partial charge in [-0.15, -0.1) is 0 Å². The van der Waals surface area contributed by atoms with Crippen LogP contribution in [0, 0.1) is 11.8 Å². The van der Waals surface area contributed by atoms with Gasteiger partial charge < -0.3 is 10.6 Å². The number of piperidine rings is 1. The third-order valence-corrected chi connectivity index (χ3v) is 5.69. The van der Waals surface area contributed by atoms with Crippen molar-refractivity contribution in [3.63, 3.8) is 0 Å². The Morgan fingerprint density at radius 3 is 2.29 bits per heavy atom. The zero-order valence-electron chi connectivity index (χ0n) is 12.5. The number of rotatable bonds is 2. The molecular formula is C18H24N2O. The minimum atomic E-state index is 0.0352. The zero-order chi connectivity index (χ0) is 14.2. The van der Waals surface area contributed by atoms with Crippen LogP contribution in [0.1, 0.15) is 36.8 Å². The smallest absolute Gasteiger partial charge is 0.237 e. The summed E-state index contributed by atoms with van der Waals surface area (Å²) in [5.74, 6) is 1.61. The van der Waals surface area contributed by atoms with E-state index in [1.807, 2.05) is 0 Å². The molecule has 3 atom stereocenters. The van der Waals surface area contributed by atoms with Crippen LogP contribution in [0.2, 0.25) is 0 Å². The van der Waals surface area contributed by atoms with Gasteiger partial charge in [0, 0.05) is 12.6 Å². The van der Waals surface area contributed by atoms with Crippen molar-refractivity contribution in [2.75, 3.05) is 6.54 Å². The van der Waals surface area contributed by atoms with Crippen molar-refractivity contribution in [2.24, 2.45) is 11.8 Å². The number of hydrogen-bond acceptors (Lipinski definition) is 2. The van der Waals surface area contributed by atoms with Gasteiger partial charge in [0.2, 0.25) is 5.91 Å². The number of amides is 1. The second-order valence-electron chi connectivity index (χ2n) is 6.95. The number of benzene rings is 1. The predicted molar refractivity (Wildman–Crippen MR) is 83.0 cm³/mol. The molecule has 0 spiro atoms. The summed E-state index contributed by atoms with van der Waals surface area (Å²) in [6, 6.07) is 9.46. The van der Waals surface area contributed by atoms with Crippen molar-refractivity contribution in [1.29, 1.82) is 0 Å². The average Bonchev–Trinajstić information content (AvgIpc) is 2.76. The standard InChI is InChI=1S/C18H24N2O/c21-18-16(6-3-9-19-18)20-17-14-7-8-15(17)11-13-5-2-1-4-12(13)10-14/h1-2,4-5,14-17,20H,3,6-11H2,(H,19,21). The van der Waals surface area contributed by atoms with Gasteiger partial charge in [0.1, 0.15) is 0 Å². The molecule has 3 heteroatoms. The summed E-state index contributed by atoms with van der Waals surface area (Å²) in [4.78, 5) is 12.0. The van der Waals surface area contributed by atoms with Gasteiger partial charge >= 0.3 is 0 Å². The van der Waals surface area contributed by atoms with Gasteiger partial charge in [-0.05, 0) is 61.5 Å². The maximum absolute atomic E-state index is 12.0. The Balaban J connectivity index is 1.53. The van der Waals surface area contributed by atoms with Crippen LogP contribution in [0.15, 0.2) is 24.3 Å². The van der Waals surface area contributed by atoms with Crippen LogP contribution in [0.25, 0.3) is 0 Å². The second-order valence-corrected chi connectivity index (χ2v) is 6.95. The van der Waals surface area contributed by atoms with Gasteiger partial charge in [0.05, 0.1) is 6.04 Å². The van der Waals surface area contributed by atoms with Crippen molar-refractivity contribution in [3.05, 3.63) is 35.4 Å². The van der Waals surface area contributed by atoms with Crippen molar-refractivity contribution in [2.45, 2.75) is 50.6 Å². The van der Waals surface area contributed by atoms with E-state index in [1.165, 1.54) is 36.8 Å². The SMILES string of the molecule is O=C1NCCCC1NC1C2CCC1Cc1ccccc1C2. The van der Waals surface area contributed by atoms with E-state index in [2.05, 4.69) is 34.9 Å². The zero-order valence-corrected chi connectivity index (χ0v) is 12.5. The molecule has 1 amide bonds. The van der Waals surface area contributed by atoms with E-state index in [1.54, 1.807) is 0 Å². The molecule has 2 fully saturated rings. The summed E-state index contributed by atoms with van der Waals surface area (Å²) < 4.78 is 0. The van der Waals surface area contributed by atoms with Crippen LogP contribution in [-0.2, 0) is 17.6 Å². The molecule has 2 aliphatic carbocycles. The monoisotopic (exact) mass is 284 g/mol. The van der Waals surface area contributed by atoms with E-state index in [0.29, 0.717) is 17.9 Å². The number of carbonyl (C=O) groups excluding carboxylic acids is 1. The molecule has 3 nitrogen and oxygen atoms in total. The molecule has 3 aliphatic rings. The number of fused-ring (bicyclic) bond motifs is 3. The first-order chi connectivity index (χ1) is 10.3. The van der Waals surface area contributed by atoms with Crippen LogP contribution in [0.3, 0.4) is 0 Å². The summed E-state index contributed by atoms with van der Waals surface area (Å²) in [7, 11) is 0. The van der Waals surface area contributed by atoms with Crippen LogP contribution in [0.5, 0.6) is 0 Å². The number of hydrogen-bond donors (Lipinski definition) is 2. The van der Waals surface area contributed by atoms with Gasteiger partial charge in [-0.3, -0.25) is 4.79 Å². The lowest BCUT2D eigenvalue weighted by Gasteiger charge is -2.31. The fourth-order valence-electron chi connectivity index (χ4n) is 4.59. The molecule has 4 rings (SSSR count). The largest absolute Gasteiger partial charge is 0.355 e. The first-order valence-corrected chi connectivity index (χ1v) is 8.42. The van der Waals surface area contributed by atoms with Crippen molar-refractivity contribution < 1.29 is 4.79 Å². The minimum Gasteiger partial charge on any atom is -0.355 e. The van der Waals surface area contributed by atoms with Crippen LogP contribution in [-0.4, -0.2) is 24.5 Å². The molecule has 1 saturated carbocycles. The maximum atomic E-state index is 12.0. The lowest BCUT2D eigenvalue weighted by atomic mass is 9.93. The highest BCUT2D eigenvalue weighted by Gasteiger charge is 2.40. The van der Waals surface area contributed by atoms with Crippen LogP contribution in [0.4, 0.5) is 0 Å². The Labute approximate surface area is 126 Å². The van der Waals surface area contributed by atoms with E-state index in [-0.39, 0.29) is 11.9 Å². The maximum Gasteiger partial charge on any atom is 0.237 e. The fourth-order valence-corrected chi connectivity index (χ4v) is 4.59. The highest BCUT2D eigenvalue weighted by Crippen LogP contribution is 2.40. The van der Waals surface area contributed by atoms with Gasteiger partial charge in [-0.2, -0.15) is 0 Å². The van der Waals surface area contributed by atoms with E-state index in [4.69, 9.17) is 0 Å². The van der Waals surface area contributed by atoms with E-state index in [0.717, 1.165) is 19.4 Å². The Kier molecular flexibility index (Phi) is 3.46. The molecule has 21 heavy (non-hydrogen) atoms. The van der Waals surface area contributed by atoms with Crippen LogP contribution < -0.4 is 10.6 Å². The Morgan fingerprint density at radius 2 is 1.67 bits per heavy atom. The fraction of sp³-hybridized carbons (Fsp3) is 0.611. The van der Waals surface area contributed by atoms with Gasteiger partial charge in [-0.1, -0.05) is 24.3 Å². The summed E-state index contributed by atoms with van der Waals surface area (Å²) in [5, 5.41) is 6.74. The highest BCUT2D eigenvalue weighted by atomic mass is 16.2. The summed E-state index contributed by atoms with van der Waals surface area (Å²) in [6.45, 7) is 0.847. The predicted octanol–water partition coefficient (Wildman–Crippen LogP) is 2.05. The minimum absolute atomic E-state index is 0.0352. The Bertz CT molecular complexity index is 509. The van der Waals surface area contributed by atoms with Gasteiger partial charge in [-0.25, -0.2) is 0 Å². The lowest BCUT2D eigenvalue weighted by molar-refractivity contribution is -0.124. The third kappa shape index (κ3) is 2.48. The van der Waals surface area contributed by atoms with Gasteiger partial charge in [0.15, 0.2) is 0 Å². The molecule has 2 bridgehead atoms. The van der Waals surface area contributed by atoms with E-state index >= 15 is 0 Å². The third-order valence-electron chi connectivity index (χ3n) is 5.69. The van der Waals surface area contributed by atoms with Crippen molar-refractivity contribution in [1.82, 2.24) is 10.6 Å². The first kappa shape index (κ1) is 13.3. The van der Waals surface area contributed by atoms with Crippen molar-refractivity contribution in [3.8, 4) is 0 Å². The molecule has 1 aromatic carbocycles. The Morgan fingerprint density at radius 1 is 1.00 bits per heavy atom. The molecule has 1 aromatic rings. The average molecular weight is 284 g/mol. The molecule has 0 radical (unpaired) electrons. The molecule has 0 aromatic heterocycles. The number of carbonyl (C=O) groups is 1. The van der Waals surface area contributed by atoms with E-state index < -0.39 is 0 Å². The molecule has 1 heterocycles. The van der Waals surface area contributed by atoms with E-state index in [9.17, 15) is 4.79 Å². The quantitative estimate of drug-likeness (QED) is 0.872.